The zero-order valence-corrected chi connectivity index (χ0v) is 44.0. The molecule has 0 fully saturated rings. The molecule has 0 saturated heterocycles. The summed E-state index contributed by atoms with van der Waals surface area (Å²) in [7, 11) is 0. The molecule has 0 unspecified atom stereocenters. The van der Waals surface area contributed by atoms with E-state index in [1.165, 1.54) is 34.4 Å². The lowest BCUT2D eigenvalue weighted by Gasteiger charge is -2.24. The Morgan fingerprint density at radius 1 is 0.321 bits per heavy atom. The number of halogens is 3. The van der Waals surface area contributed by atoms with Gasteiger partial charge < -0.3 is 9.13 Å². The van der Waals surface area contributed by atoms with Crippen LogP contribution in [0.3, 0.4) is 0 Å². The van der Waals surface area contributed by atoms with Gasteiger partial charge in [0.2, 0.25) is 0 Å². The van der Waals surface area contributed by atoms with Gasteiger partial charge in [-0.15, -0.1) is 0 Å². The maximum absolute atomic E-state index is 16.7. The molecule has 0 N–H and O–H groups in total. The highest BCUT2D eigenvalue weighted by Gasteiger charge is 2.38. The van der Waals surface area contributed by atoms with Crippen molar-refractivity contribution in [3.63, 3.8) is 0 Å². The topological polar surface area (TPSA) is 48.5 Å². The number of nitrogens with zero attached hydrogens (tertiary/aromatic N) is 5. The average molecular weight is 1020 g/mol. The van der Waals surface area contributed by atoms with Gasteiger partial charge in [0.25, 0.3) is 0 Å². The minimum Gasteiger partial charge on any atom is -0.309 e. The second-order valence-corrected chi connectivity index (χ2v) is 20.7. The Kier molecular flexibility index (Phi) is 11.6. The van der Waals surface area contributed by atoms with Gasteiger partial charge in [-0.1, -0.05) is 163 Å². The lowest BCUT2D eigenvalue weighted by atomic mass is 9.90. The van der Waals surface area contributed by atoms with E-state index in [-0.39, 0.29) is 11.4 Å². The summed E-state index contributed by atoms with van der Waals surface area (Å²) in [5.74, 6) is 1.01. The van der Waals surface area contributed by atoms with Crippen LogP contribution in [-0.4, -0.2) is 24.1 Å². The quantitative estimate of drug-likeness (QED) is 0.152. The maximum Gasteiger partial charge on any atom is 0.417 e. The zero-order chi connectivity index (χ0) is 53.6. The molecule has 10 aromatic carbocycles. The van der Waals surface area contributed by atoms with Gasteiger partial charge in [-0.25, -0.2) is 15.0 Å². The SMILES string of the molecule is Cc1cc(C)c(-c2ccc3c(c2)c2ccccc2n3-c2cccc(-c3nc(-c4ccccc4)nc(-c4ccccc4)n3)c2-c2c(-n3c4ccccc4c4cc(-c5c(C)cc(C)cc5C)ccc43)cccc2C(F)(F)F)c(C)c1. The van der Waals surface area contributed by atoms with Crippen LogP contribution in [0.1, 0.15) is 38.9 Å². The van der Waals surface area contributed by atoms with E-state index in [4.69, 9.17) is 15.0 Å². The van der Waals surface area contributed by atoms with Crippen LogP contribution < -0.4 is 0 Å². The zero-order valence-electron chi connectivity index (χ0n) is 44.0. The maximum atomic E-state index is 16.7. The summed E-state index contributed by atoms with van der Waals surface area (Å²) in [4.78, 5) is 15.5. The molecule has 0 aliphatic rings. The van der Waals surface area contributed by atoms with Crippen molar-refractivity contribution in [2.75, 3.05) is 0 Å². The summed E-state index contributed by atoms with van der Waals surface area (Å²) in [6, 6.07) is 67.3. The number of aryl methyl sites for hydroxylation is 6. The van der Waals surface area contributed by atoms with Crippen LogP contribution in [-0.2, 0) is 6.18 Å². The third kappa shape index (κ3) is 8.06. The number of hydrogen-bond acceptors (Lipinski definition) is 3. The van der Waals surface area contributed by atoms with Gasteiger partial charge in [0.1, 0.15) is 0 Å². The molecule has 5 nitrogen and oxygen atoms in total. The standard InChI is InChI=1S/C70H52F3N5/c1-41-35-43(3)63(44(4)36-41)49-31-33-59-54(39-49)51-23-13-15-27-57(51)77(59)61-29-17-25-53(69-75-67(47-19-9-7-10-20-47)74-68(76-69)48-21-11-8-12-22-48)65(61)66-56(70(71,72)73)26-18-30-62(66)78-58-28-16-14-24-52(58)55-40-50(32-34-60(55)78)64-45(5)37-42(2)38-46(64)6/h7-40H,1-6H3. The second kappa shape index (κ2) is 18.7. The normalized spacial score (nSPS) is 11.9. The first-order chi connectivity index (χ1) is 37.8. The molecule has 0 saturated carbocycles. The number of hydrogen-bond donors (Lipinski definition) is 0. The van der Waals surface area contributed by atoms with Crippen molar-refractivity contribution < 1.29 is 13.2 Å². The minimum atomic E-state index is -4.81. The lowest BCUT2D eigenvalue weighted by Crippen LogP contribution is -2.12. The van der Waals surface area contributed by atoms with Gasteiger partial charge >= 0.3 is 6.18 Å². The van der Waals surface area contributed by atoms with Crippen LogP contribution in [0.5, 0.6) is 0 Å². The minimum absolute atomic E-state index is 0.0102. The summed E-state index contributed by atoms with van der Waals surface area (Å²) in [6.07, 6.45) is -4.81. The van der Waals surface area contributed by atoms with E-state index in [1.807, 2.05) is 120 Å². The number of para-hydroxylation sites is 2. The Labute approximate surface area is 450 Å². The summed E-state index contributed by atoms with van der Waals surface area (Å²) in [5.41, 5.74) is 16.9. The summed E-state index contributed by atoms with van der Waals surface area (Å²) in [5, 5.41) is 3.78. The smallest absolute Gasteiger partial charge is 0.309 e. The Morgan fingerprint density at radius 3 is 1.18 bits per heavy atom. The number of alkyl halides is 3. The molecule has 8 heteroatoms. The highest BCUT2D eigenvalue weighted by atomic mass is 19.4. The molecule has 0 amide bonds. The molecule has 78 heavy (non-hydrogen) atoms. The molecule has 378 valence electrons. The summed E-state index contributed by atoms with van der Waals surface area (Å²) >= 11 is 0. The molecule has 0 aliphatic carbocycles. The molecule has 3 aromatic heterocycles. The molecule has 0 bridgehead atoms. The molecule has 13 rings (SSSR count). The predicted molar refractivity (Wildman–Crippen MR) is 315 cm³/mol. The highest BCUT2D eigenvalue weighted by Crippen LogP contribution is 2.50. The van der Waals surface area contributed by atoms with E-state index < -0.39 is 11.7 Å². The van der Waals surface area contributed by atoms with Crippen LogP contribution in [0.15, 0.2) is 206 Å². The third-order valence-electron chi connectivity index (χ3n) is 15.3. The molecule has 0 spiro atoms. The van der Waals surface area contributed by atoms with Crippen LogP contribution in [0.2, 0.25) is 0 Å². The molecule has 3 heterocycles. The first-order valence-corrected chi connectivity index (χ1v) is 26.2. The van der Waals surface area contributed by atoms with E-state index in [0.717, 1.165) is 88.1 Å². The number of benzene rings is 10. The van der Waals surface area contributed by atoms with Crippen molar-refractivity contribution in [3.05, 3.63) is 245 Å². The fourth-order valence-corrected chi connectivity index (χ4v) is 12.4. The number of rotatable bonds is 8. The van der Waals surface area contributed by atoms with Crippen LogP contribution in [0.25, 0.3) is 123 Å². The molecule has 13 aromatic rings. The van der Waals surface area contributed by atoms with Gasteiger partial charge in [-0.05, 0) is 141 Å². The third-order valence-corrected chi connectivity index (χ3v) is 15.3. The molecule has 0 aliphatic heterocycles. The predicted octanol–water partition coefficient (Wildman–Crippen LogP) is 18.9. The van der Waals surface area contributed by atoms with Crippen molar-refractivity contribution >= 4 is 43.6 Å². The van der Waals surface area contributed by atoms with Crippen molar-refractivity contribution in [1.29, 1.82) is 0 Å². The van der Waals surface area contributed by atoms with E-state index in [9.17, 15) is 0 Å². The Bertz CT molecular complexity index is 4440. The van der Waals surface area contributed by atoms with Gasteiger partial charge in [-0.3, -0.25) is 0 Å². The van der Waals surface area contributed by atoms with Crippen LogP contribution in [0.4, 0.5) is 13.2 Å². The average Bonchev–Trinajstić information content (AvgIpc) is 4.10. The van der Waals surface area contributed by atoms with Crippen molar-refractivity contribution in [2.24, 2.45) is 0 Å². The molecular formula is C70H52F3N5. The Balaban J connectivity index is 1.17. The van der Waals surface area contributed by atoms with E-state index in [2.05, 4.69) is 125 Å². The second-order valence-electron chi connectivity index (χ2n) is 20.7. The van der Waals surface area contributed by atoms with Gasteiger partial charge in [0.15, 0.2) is 17.5 Å². The largest absolute Gasteiger partial charge is 0.417 e. The van der Waals surface area contributed by atoms with Crippen LogP contribution >= 0.6 is 0 Å². The number of fused-ring (bicyclic) bond motifs is 6. The van der Waals surface area contributed by atoms with Crippen molar-refractivity contribution in [2.45, 2.75) is 47.7 Å². The van der Waals surface area contributed by atoms with Gasteiger partial charge in [0.05, 0.1) is 39.0 Å². The van der Waals surface area contributed by atoms with E-state index in [1.54, 1.807) is 0 Å². The fourth-order valence-electron chi connectivity index (χ4n) is 12.4. The molecule has 0 radical (unpaired) electrons. The fraction of sp³-hybridized carbons (Fsp3) is 0.100. The van der Waals surface area contributed by atoms with Crippen molar-refractivity contribution in [1.82, 2.24) is 24.1 Å². The monoisotopic (exact) mass is 1020 g/mol. The Hall–Kier alpha value is -9.40. The van der Waals surface area contributed by atoms with Gasteiger partial charge in [-0.2, -0.15) is 13.2 Å². The van der Waals surface area contributed by atoms with Crippen molar-refractivity contribution in [3.8, 4) is 78.9 Å². The van der Waals surface area contributed by atoms with Crippen LogP contribution in [0, 0.1) is 41.5 Å². The van der Waals surface area contributed by atoms with E-state index in [0.29, 0.717) is 34.2 Å². The Morgan fingerprint density at radius 2 is 0.718 bits per heavy atom. The van der Waals surface area contributed by atoms with Gasteiger partial charge in [0, 0.05) is 49.4 Å². The number of aromatic nitrogens is 5. The lowest BCUT2D eigenvalue weighted by molar-refractivity contribution is -0.137. The van der Waals surface area contributed by atoms with E-state index >= 15 is 13.2 Å². The molecule has 0 atom stereocenters. The summed E-state index contributed by atoms with van der Waals surface area (Å²) in [6.45, 7) is 12.8. The first kappa shape index (κ1) is 48.3. The highest BCUT2D eigenvalue weighted by molar-refractivity contribution is 6.13. The molecular weight excluding hydrogens is 968 g/mol. The first-order valence-electron chi connectivity index (χ1n) is 26.2. The summed E-state index contributed by atoms with van der Waals surface area (Å²) < 4.78 is 54.1.